The number of epoxide rings is 2. The molecule has 2 aromatic carbocycles. The van der Waals surface area contributed by atoms with Crippen LogP contribution in [0.3, 0.4) is 0 Å². The molecule has 0 bridgehead atoms. The average molecular weight is 254 g/mol. The highest BCUT2D eigenvalue weighted by Gasteiger charge is 2.25. The first-order valence-corrected chi connectivity index (χ1v) is 7.04. The van der Waals surface area contributed by atoms with Gasteiger partial charge in [0.15, 0.2) is 0 Å². The molecule has 0 saturated carbocycles. The van der Waals surface area contributed by atoms with Crippen molar-refractivity contribution < 1.29 is 9.47 Å². The van der Waals surface area contributed by atoms with Gasteiger partial charge in [-0.15, -0.1) is 0 Å². The first-order valence-electron chi connectivity index (χ1n) is 7.04. The van der Waals surface area contributed by atoms with Crippen molar-refractivity contribution in [2.75, 3.05) is 13.2 Å². The third kappa shape index (κ3) is 2.38. The predicted molar refractivity (Wildman–Crippen MR) is 75.6 cm³/mol. The molecule has 2 fully saturated rings. The van der Waals surface area contributed by atoms with Gasteiger partial charge in [-0.25, -0.2) is 0 Å². The van der Waals surface area contributed by atoms with E-state index < -0.39 is 0 Å². The van der Waals surface area contributed by atoms with Crippen LogP contribution in [0, 0.1) is 6.92 Å². The Morgan fingerprint density at radius 2 is 1.63 bits per heavy atom. The summed E-state index contributed by atoms with van der Waals surface area (Å²) in [6, 6.07) is 11.3. The van der Waals surface area contributed by atoms with Crippen molar-refractivity contribution in [1.29, 1.82) is 0 Å². The lowest BCUT2D eigenvalue weighted by molar-refractivity contribution is 0.407. The maximum absolute atomic E-state index is 5.39. The first kappa shape index (κ1) is 11.4. The van der Waals surface area contributed by atoms with Crippen LogP contribution in [0.15, 0.2) is 30.3 Å². The number of fused-ring (bicyclic) bond motifs is 1. The number of benzene rings is 2. The highest BCUT2D eigenvalue weighted by molar-refractivity contribution is 5.89. The largest absolute Gasteiger partial charge is 0.373 e. The summed E-state index contributed by atoms with van der Waals surface area (Å²) in [5.74, 6) is 0. The third-order valence-corrected chi connectivity index (χ3v) is 4.02. The summed E-state index contributed by atoms with van der Waals surface area (Å²) < 4.78 is 10.8. The van der Waals surface area contributed by atoms with Crippen LogP contribution >= 0.6 is 0 Å². The van der Waals surface area contributed by atoms with Gasteiger partial charge >= 0.3 is 0 Å². The Balaban J connectivity index is 1.82. The Morgan fingerprint density at radius 3 is 2.32 bits per heavy atom. The molecule has 2 saturated heterocycles. The summed E-state index contributed by atoms with van der Waals surface area (Å²) in [5, 5.41) is 2.79. The molecule has 0 amide bonds. The lowest BCUT2D eigenvalue weighted by Crippen LogP contribution is -1.99. The lowest BCUT2D eigenvalue weighted by Gasteiger charge is -2.11. The van der Waals surface area contributed by atoms with Crippen molar-refractivity contribution in [2.24, 2.45) is 0 Å². The third-order valence-electron chi connectivity index (χ3n) is 4.02. The minimum atomic E-state index is 0.445. The molecule has 2 aromatic rings. The summed E-state index contributed by atoms with van der Waals surface area (Å²) in [6.45, 7) is 4.02. The Hall–Kier alpha value is -1.38. The maximum Gasteiger partial charge on any atom is 0.0850 e. The predicted octanol–water partition coefficient (Wildman–Crippen LogP) is 3.03. The normalized spacial score (nSPS) is 24.7. The average Bonchev–Trinajstić information content (AvgIpc) is 3.25. The number of hydrogen-bond acceptors (Lipinski definition) is 2. The number of ether oxygens (including phenoxy) is 2. The van der Waals surface area contributed by atoms with Gasteiger partial charge in [-0.3, -0.25) is 0 Å². The van der Waals surface area contributed by atoms with Gasteiger partial charge in [0.1, 0.15) is 0 Å². The Kier molecular flexibility index (Phi) is 2.61. The van der Waals surface area contributed by atoms with Crippen LogP contribution in [0.1, 0.15) is 16.7 Å². The van der Waals surface area contributed by atoms with Crippen molar-refractivity contribution in [1.82, 2.24) is 0 Å². The SMILES string of the molecule is Cc1cc(CC2CO2)c2cccc(CC3CO3)c2c1. The topological polar surface area (TPSA) is 25.1 Å². The van der Waals surface area contributed by atoms with Crippen LogP contribution in [0.2, 0.25) is 0 Å². The molecule has 98 valence electrons. The monoisotopic (exact) mass is 254 g/mol. The van der Waals surface area contributed by atoms with Crippen molar-refractivity contribution in [3.8, 4) is 0 Å². The van der Waals surface area contributed by atoms with E-state index in [1.165, 1.54) is 27.5 Å². The first-order chi connectivity index (χ1) is 9.29. The summed E-state index contributed by atoms with van der Waals surface area (Å²) in [7, 11) is 0. The van der Waals surface area contributed by atoms with E-state index >= 15 is 0 Å². The standard InChI is InChI=1S/C17H18O2/c1-11-5-13(8-15-10-19-15)16-4-2-3-12(17(16)6-11)7-14-9-18-14/h2-6,14-15H,7-10H2,1H3. The lowest BCUT2D eigenvalue weighted by atomic mass is 9.94. The molecule has 19 heavy (non-hydrogen) atoms. The highest BCUT2D eigenvalue weighted by Crippen LogP contribution is 2.29. The molecule has 0 spiro atoms. The smallest absolute Gasteiger partial charge is 0.0850 e. The van der Waals surface area contributed by atoms with Crippen LogP contribution in [0.5, 0.6) is 0 Å². The Bertz CT molecular complexity index is 624. The van der Waals surface area contributed by atoms with Crippen LogP contribution in [0.4, 0.5) is 0 Å². The van der Waals surface area contributed by atoms with E-state index in [4.69, 9.17) is 9.47 Å². The molecule has 0 aromatic heterocycles. The van der Waals surface area contributed by atoms with Crippen LogP contribution in [-0.2, 0) is 22.3 Å². The second-order valence-electron chi connectivity index (χ2n) is 5.76. The van der Waals surface area contributed by atoms with Crippen LogP contribution < -0.4 is 0 Å². The fraction of sp³-hybridized carbons (Fsp3) is 0.412. The molecule has 2 heteroatoms. The molecule has 2 heterocycles. The zero-order valence-electron chi connectivity index (χ0n) is 11.2. The quantitative estimate of drug-likeness (QED) is 0.783. The summed E-state index contributed by atoms with van der Waals surface area (Å²) in [6.07, 6.45) is 2.98. The second kappa shape index (κ2) is 4.32. The molecule has 2 nitrogen and oxygen atoms in total. The van der Waals surface area contributed by atoms with E-state index in [9.17, 15) is 0 Å². The van der Waals surface area contributed by atoms with E-state index in [0.29, 0.717) is 12.2 Å². The second-order valence-corrected chi connectivity index (χ2v) is 5.76. The fourth-order valence-electron chi connectivity index (χ4n) is 2.89. The summed E-state index contributed by atoms with van der Waals surface area (Å²) in [5.41, 5.74) is 4.19. The van der Waals surface area contributed by atoms with Gasteiger partial charge in [0.25, 0.3) is 0 Å². The van der Waals surface area contributed by atoms with E-state index in [0.717, 1.165) is 26.1 Å². The van der Waals surface area contributed by atoms with Crippen molar-refractivity contribution in [3.05, 3.63) is 47.0 Å². The molecule has 2 atom stereocenters. The van der Waals surface area contributed by atoms with Crippen LogP contribution in [-0.4, -0.2) is 25.4 Å². The number of hydrogen-bond donors (Lipinski definition) is 0. The van der Waals surface area contributed by atoms with Gasteiger partial charge in [0.2, 0.25) is 0 Å². The van der Waals surface area contributed by atoms with Crippen molar-refractivity contribution in [3.63, 3.8) is 0 Å². The minimum absolute atomic E-state index is 0.445. The molecule has 2 unspecified atom stereocenters. The molecule has 4 rings (SSSR count). The molecular formula is C17H18O2. The van der Waals surface area contributed by atoms with Gasteiger partial charge in [0.05, 0.1) is 25.4 Å². The Morgan fingerprint density at radius 1 is 0.947 bits per heavy atom. The molecule has 2 aliphatic rings. The molecule has 0 N–H and O–H groups in total. The van der Waals surface area contributed by atoms with E-state index in [2.05, 4.69) is 37.3 Å². The summed E-state index contributed by atoms with van der Waals surface area (Å²) in [4.78, 5) is 0. The fourth-order valence-corrected chi connectivity index (χ4v) is 2.89. The van der Waals surface area contributed by atoms with Gasteiger partial charge in [-0.2, -0.15) is 0 Å². The minimum Gasteiger partial charge on any atom is -0.373 e. The van der Waals surface area contributed by atoms with Gasteiger partial charge in [0, 0.05) is 12.8 Å². The highest BCUT2D eigenvalue weighted by atomic mass is 16.6. The van der Waals surface area contributed by atoms with Gasteiger partial charge < -0.3 is 9.47 Å². The zero-order chi connectivity index (χ0) is 12.8. The Labute approximate surface area is 113 Å². The van der Waals surface area contributed by atoms with Crippen molar-refractivity contribution in [2.45, 2.75) is 32.0 Å². The van der Waals surface area contributed by atoms with Gasteiger partial charge in [-0.1, -0.05) is 35.9 Å². The molecular weight excluding hydrogens is 236 g/mol. The van der Waals surface area contributed by atoms with E-state index in [1.807, 2.05) is 0 Å². The molecule has 0 radical (unpaired) electrons. The van der Waals surface area contributed by atoms with Crippen molar-refractivity contribution >= 4 is 10.8 Å². The summed E-state index contributed by atoms with van der Waals surface area (Å²) >= 11 is 0. The molecule has 0 aliphatic carbocycles. The van der Waals surface area contributed by atoms with Gasteiger partial charge in [-0.05, 0) is 28.8 Å². The van der Waals surface area contributed by atoms with Crippen LogP contribution in [0.25, 0.3) is 10.8 Å². The number of aryl methyl sites for hydroxylation is 1. The zero-order valence-corrected chi connectivity index (χ0v) is 11.2. The van der Waals surface area contributed by atoms with E-state index in [1.54, 1.807) is 0 Å². The van der Waals surface area contributed by atoms with E-state index in [-0.39, 0.29) is 0 Å². The maximum atomic E-state index is 5.39. The number of rotatable bonds is 4. The molecule has 2 aliphatic heterocycles.